The van der Waals surface area contributed by atoms with E-state index in [-0.39, 0.29) is 17.6 Å². The minimum absolute atomic E-state index is 0.0489. The SMILES string of the molecule is CC(=O)c1ccc2c(c1)C(=C(Nc1ccc(N(C)C(=O)CN3CCN(C)CC3)cc1)c1ccccc1)C(=O)N2. The number of likely N-dealkylation sites (N-methyl/N-ethyl adjacent to an activating group) is 2. The van der Waals surface area contributed by atoms with Crippen molar-refractivity contribution in [1.82, 2.24) is 9.80 Å². The summed E-state index contributed by atoms with van der Waals surface area (Å²) in [5, 5.41) is 6.36. The first-order valence-corrected chi connectivity index (χ1v) is 13.1. The van der Waals surface area contributed by atoms with Gasteiger partial charge in [-0.1, -0.05) is 30.3 Å². The molecule has 0 atom stereocenters. The molecule has 0 unspecified atom stereocenters. The fourth-order valence-corrected chi connectivity index (χ4v) is 4.88. The molecule has 8 heteroatoms. The largest absolute Gasteiger partial charge is 0.354 e. The number of carbonyl (C=O) groups excluding carboxylic acids is 3. The van der Waals surface area contributed by atoms with Gasteiger partial charge in [-0.25, -0.2) is 0 Å². The Morgan fingerprint density at radius 1 is 0.923 bits per heavy atom. The third-order valence-corrected chi connectivity index (χ3v) is 7.34. The van der Waals surface area contributed by atoms with E-state index in [0.717, 1.165) is 43.1 Å². The van der Waals surface area contributed by atoms with E-state index in [1.54, 1.807) is 30.1 Å². The lowest BCUT2D eigenvalue weighted by atomic mass is 9.97. The maximum atomic E-state index is 13.2. The van der Waals surface area contributed by atoms with Gasteiger partial charge in [0.2, 0.25) is 5.91 Å². The van der Waals surface area contributed by atoms with E-state index in [2.05, 4.69) is 27.5 Å². The summed E-state index contributed by atoms with van der Waals surface area (Å²) >= 11 is 0. The molecule has 0 saturated carbocycles. The Bertz CT molecular complexity index is 1420. The Morgan fingerprint density at radius 3 is 2.28 bits per heavy atom. The van der Waals surface area contributed by atoms with E-state index in [1.807, 2.05) is 54.6 Å². The Balaban J connectivity index is 1.41. The molecule has 0 aliphatic carbocycles. The molecule has 1 fully saturated rings. The maximum absolute atomic E-state index is 13.2. The van der Waals surface area contributed by atoms with Crippen LogP contribution in [0.2, 0.25) is 0 Å². The molecule has 1 saturated heterocycles. The molecule has 2 amide bonds. The molecule has 8 nitrogen and oxygen atoms in total. The van der Waals surface area contributed by atoms with Crippen LogP contribution in [-0.4, -0.2) is 74.2 Å². The van der Waals surface area contributed by atoms with Crippen molar-refractivity contribution < 1.29 is 14.4 Å². The van der Waals surface area contributed by atoms with Crippen molar-refractivity contribution >= 4 is 45.9 Å². The molecule has 0 bridgehead atoms. The zero-order valence-electron chi connectivity index (χ0n) is 22.5. The second kappa shape index (κ2) is 11.2. The highest BCUT2D eigenvalue weighted by Crippen LogP contribution is 2.38. The zero-order chi connectivity index (χ0) is 27.5. The van der Waals surface area contributed by atoms with Crippen LogP contribution in [0, 0.1) is 0 Å². The highest BCUT2D eigenvalue weighted by molar-refractivity contribution is 6.37. The van der Waals surface area contributed by atoms with Crippen molar-refractivity contribution in [2.24, 2.45) is 0 Å². The Kier molecular flexibility index (Phi) is 7.58. The van der Waals surface area contributed by atoms with Gasteiger partial charge in [-0.15, -0.1) is 0 Å². The predicted molar refractivity (Wildman–Crippen MR) is 156 cm³/mol. The molecule has 39 heavy (non-hydrogen) atoms. The van der Waals surface area contributed by atoms with Gasteiger partial charge in [0.05, 0.1) is 17.8 Å². The molecule has 3 aromatic carbocycles. The number of hydrogen-bond acceptors (Lipinski definition) is 6. The number of carbonyl (C=O) groups is 3. The van der Waals surface area contributed by atoms with Crippen LogP contribution in [0.4, 0.5) is 17.1 Å². The summed E-state index contributed by atoms with van der Waals surface area (Å²) < 4.78 is 0. The van der Waals surface area contributed by atoms with Gasteiger partial charge in [-0.05, 0) is 62.0 Å². The summed E-state index contributed by atoms with van der Waals surface area (Å²) in [5.41, 5.74) is 5.42. The molecule has 5 rings (SSSR count). The molecule has 2 aliphatic rings. The first-order valence-electron chi connectivity index (χ1n) is 13.1. The number of nitrogens with zero attached hydrogens (tertiary/aromatic N) is 3. The van der Waals surface area contributed by atoms with Gasteiger partial charge in [-0.3, -0.25) is 19.3 Å². The number of ketones is 1. The van der Waals surface area contributed by atoms with E-state index >= 15 is 0 Å². The highest BCUT2D eigenvalue weighted by Gasteiger charge is 2.29. The molecule has 0 spiro atoms. The smallest absolute Gasteiger partial charge is 0.258 e. The van der Waals surface area contributed by atoms with Crippen molar-refractivity contribution in [2.45, 2.75) is 6.92 Å². The Labute approximate surface area is 228 Å². The quantitative estimate of drug-likeness (QED) is 0.359. The first kappa shape index (κ1) is 26.3. The van der Waals surface area contributed by atoms with Gasteiger partial charge in [0, 0.05) is 61.4 Å². The number of amides is 2. The third-order valence-electron chi connectivity index (χ3n) is 7.34. The van der Waals surface area contributed by atoms with E-state index < -0.39 is 0 Å². The molecule has 0 aromatic heterocycles. The highest BCUT2D eigenvalue weighted by atomic mass is 16.2. The fourth-order valence-electron chi connectivity index (χ4n) is 4.88. The van der Waals surface area contributed by atoms with Crippen molar-refractivity contribution in [2.75, 3.05) is 62.4 Å². The van der Waals surface area contributed by atoms with Crippen LogP contribution >= 0.6 is 0 Å². The molecule has 2 N–H and O–H groups in total. The zero-order valence-corrected chi connectivity index (χ0v) is 22.5. The number of nitrogens with one attached hydrogen (secondary N) is 2. The lowest BCUT2D eigenvalue weighted by Crippen LogP contribution is -2.48. The average molecular weight is 524 g/mol. The van der Waals surface area contributed by atoms with E-state index in [0.29, 0.717) is 34.6 Å². The summed E-state index contributed by atoms with van der Waals surface area (Å²) in [7, 11) is 3.89. The molecule has 3 aromatic rings. The van der Waals surface area contributed by atoms with E-state index in [4.69, 9.17) is 0 Å². The summed E-state index contributed by atoms with van der Waals surface area (Å²) in [6.45, 7) is 5.62. The second-order valence-corrected chi connectivity index (χ2v) is 10.1. The maximum Gasteiger partial charge on any atom is 0.258 e. The van der Waals surface area contributed by atoms with Crippen LogP contribution in [-0.2, 0) is 9.59 Å². The third kappa shape index (κ3) is 5.77. The Morgan fingerprint density at radius 2 is 1.62 bits per heavy atom. The first-order chi connectivity index (χ1) is 18.8. The van der Waals surface area contributed by atoms with Gasteiger partial charge in [0.15, 0.2) is 5.78 Å². The predicted octanol–water partition coefficient (Wildman–Crippen LogP) is 4.03. The average Bonchev–Trinajstić information content (AvgIpc) is 3.28. The van der Waals surface area contributed by atoms with Crippen molar-refractivity contribution in [3.63, 3.8) is 0 Å². The lowest BCUT2D eigenvalue weighted by molar-refractivity contribution is -0.119. The molecule has 0 radical (unpaired) electrons. The minimum Gasteiger partial charge on any atom is -0.354 e. The number of hydrogen-bond donors (Lipinski definition) is 2. The number of rotatable bonds is 7. The van der Waals surface area contributed by atoms with Crippen molar-refractivity contribution in [3.8, 4) is 0 Å². The molecule has 2 aliphatic heterocycles. The number of piperazine rings is 1. The standard InChI is InChI=1S/C31H33N5O3/c1-21(37)23-9-14-27-26(19-23)29(31(39)33-27)30(22-7-5-4-6-8-22)32-24-10-12-25(13-11-24)35(3)28(38)20-36-17-15-34(2)16-18-36/h4-14,19,32H,15-18,20H2,1-3H3,(H,33,39). The number of benzene rings is 3. The molecule has 200 valence electrons. The lowest BCUT2D eigenvalue weighted by Gasteiger charge is -2.32. The topological polar surface area (TPSA) is 85.0 Å². The number of anilines is 3. The van der Waals surface area contributed by atoms with Gasteiger partial charge >= 0.3 is 0 Å². The van der Waals surface area contributed by atoms with Gasteiger partial charge < -0.3 is 20.4 Å². The second-order valence-electron chi connectivity index (χ2n) is 10.1. The molecular weight excluding hydrogens is 490 g/mol. The number of fused-ring (bicyclic) bond motifs is 1. The normalized spacial score (nSPS) is 16.8. The van der Waals surface area contributed by atoms with Crippen LogP contribution in [0.3, 0.4) is 0 Å². The van der Waals surface area contributed by atoms with Crippen LogP contribution in [0.1, 0.15) is 28.4 Å². The van der Waals surface area contributed by atoms with Gasteiger partial charge in [0.1, 0.15) is 0 Å². The summed E-state index contributed by atoms with van der Waals surface area (Å²) in [4.78, 5) is 44.3. The summed E-state index contributed by atoms with van der Waals surface area (Å²) in [6, 6.07) is 22.5. The van der Waals surface area contributed by atoms with Crippen molar-refractivity contribution in [1.29, 1.82) is 0 Å². The summed E-state index contributed by atoms with van der Waals surface area (Å²) in [6.07, 6.45) is 0. The van der Waals surface area contributed by atoms with E-state index in [9.17, 15) is 14.4 Å². The molecular formula is C31H33N5O3. The number of Topliss-reactive ketones (excluding diaryl/α,β-unsaturated/α-hetero) is 1. The van der Waals surface area contributed by atoms with E-state index in [1.165, 1.54) is 6.92 Å². The van der Waals surface area contributed by atoms with Gasteiger partial charge in [0.25, 0.3) is 5.91 Å². The van der Waals surface area contributed by atoms with Crippen LogP contribution in [0.5, 0.6) is 0 Å². The summed E-state index contributed by atoms with van der Waals surface area (Å²) in [5.74, 6) is -0.247. The van der Waals surface area contributed by atoms with Crippen LogP contribution < -0.4 is 15.5 Å². The van der Waals surface area contributed by atoms with Gasteiger partial charge in [-0.2, -0.15) is 0 Å². The van der Waals surface area contributed by atoms with Crippen molar-refractivity contribution in [3.05, 3.63) is 89.5 Å². The Hall–Kier alpha value is -4.27. The van der Waals surface area contributed by atoms with Crippen LogP contribution in [0.25, 0.3) is 11.3 Å². The fraction of sp³-hybridized carbons (Fsp3) is 0.258. The molecule has 2 heterocycles. The monoisotopic (exact) mass is 523 g/mol. The van der Waals surface area contributed by atoms with Crippen LogP contribution in [0.15, 0.2) is 72.8 Å². The minimum atomic E-state index is -0.233.